The summed E-state index contributed by atoms with van der Waals surface area (Å²) >= 11 is 0. The molecule has 1 amide bonds. The van der Waals surface area contributed by atoms with Crippen LogP contribution >= 0.6 is 0 Å². The van der Waals surface area contributed by atoms with Gasteiger partial charge in [-0.1, -0.05) is 13.8 Å². The minimum atomic E-state index is 0.209. The second-order valence-electron chi connectivity index (χ2n) is 5.83. The Morgan fingerprint density at radius 1 is 1.22 bits per heavy atom. The molecule has 1 aliphatic rings. The molecule has 0 aromatic rings. The number of carbonyl (C=O) groups excluding carboxylic acids is 1. The monoisotopic (exact) mass is 254 g/mol. The van der Waals surface area contributed by atoms with E-state index in [1.807, 2.05) is 0 Å². The van der Waals surface area contributed by atoms with Crippen molar-refractivity contribution in [1.29, 1.82) is 0 Å². The van der Waals surface area contributed by atoms with Gasteiger partial charge < -0.3 is 10.2 Å². The van der Waals surface area contributed by atoms with Crippen LogP contribution in [0.5, 0.6) is 0 Å². The number of nitrogens with zero attached hydrogens (tertiary/aromatic N) is 1. The fourth-order valence-electron chi connectivity index (χ4n) is 2.72. The Labute approximate surface area is 112 Å². The normalized spacial score (nSPS) is 18.6. The van der Waals surface area contributed by atoms with Crippen molar-refractivity contribution in [2.75, 3.05) is 19.6 Å². The molecule has 0 radical (unpaired) electrons. The second kappa shape index (κ2) is 7.78. The first-order valence-electron chi connectivity index (χ1n) is 7.60. The molecule has 3 heteroatoms. The zero-order valence-electron chi connectivity index (χ0n) is 12.5. The molecule has 0 unspecified atom stereocenters. The van der Waals surface area contributed by atoms with Gasteiger partial charge in [0.25, 0.3) is 0 Å². The highest BCUT2D eigenvalue weighted by molar-refractivity contribution is 5.78. The molecule has 1 N–H and O–H groups in total. The molecule has 0 saturated carbocycles. The fraction of sp³-hybridized carbons (Fsp3) is 0.933. The van der Waals surface area contributed by atoms with Gasteiger partial charge in [0.05, 0.1) is 0 Å². The summed E-state index contributed by atoms with van der Waals surface area (Å²) in [7, 11) is 0. The third-order valence-electron chi connectivity index (χ3n) is 4.30. The van der Waals surface area contributed by atoms with Crippen molar-refractivity contribution in [3.8, 4) is 0 Å². The number of likely N-dealkylation sites (tertiary alicyclic amines) is 1. The van der Waals surface area contributed by atoms with Gasteiger partial charge >= 0.3 is 0 Å². The summed E-state index contributed by atoms with van der Waals surface area (Å²) < 4.78 is 0. The van der Waals surface area contributed by atoms with E-state index in [-0.39, 0.29) is 11.8 Å². The van der Waals surface area contributed by atoms with E-state index in [0.29, 0.717) is 12.0 Å². The lowest BCUT2D eigenvalue weighted by atomic mass is 9.95. The maximum Gasteiger partial charge on any atom is 0.223 e. The molecule has 18 heavy (non-hydrogen) atoms. The smallest absolute Gasteiger partial charge is 0.223 e. The SMILES string of the molecule is CCC(CC)C(=O)NCC1CCN(C(C)C)CC1. The Hall–Kier alpha value is -0.570. The molecule has 106 valence electrons. The first-order valence-corrected chi connectivity index (χ1v) is 7.60. The van der Waals surface area contributed by atoms with Gasteiger partial charge in [-0.3, -0.25) is 4.79 Å². The second-order valence-corrected chi connectivity index (χ2v) is 5.83. The van der Waals surface area contributed by atoms with Crippen LogP contribution < -0.4 is 5.32 Å². The molecule has 0 aromatic carbocycles. The average molecular weight is 254 g/mol. The third kappa shape index (κ3) is 4.60. The predicted octanol–water partition coefficient (Wildman–Crippen LogP) is 2.66. The minimum absolute atomic E-state index is 0.209. The summed E-state index contributed by atoms with van der Waals surface area (Å²) in [5.41, 5.74) is 0. The van der Waals surface area contributed by atoms with E-state index < -0.39 is 0 Å². The Balaban J connectivity index is 2.23. The Kier molecular flexibility index (Phi) is 6.69. The molecule has 1 saturated heterocycles. The predicted molar refractivity (Wildman–Crippen MR) is 76.5 cm³/mol. The zero-order chi connectivity index (χ0) is 13.5. The number of rotatable bonds is 6. The summed E-state index contributed by atoms with van der Waals surface area (Å²) in [6.07, 6.45) is 4.35. The zero-order valence-corrected chi connectivity index (χ0v) is 12.5. The highest BCUT2D eigenvalue weighted by atomic mass is 16.1. The summed E-state index contributed by atoms with van der Waals surface area (Å²) in [5.74, 6) is 1.14. The van der Waals surface area contributed by atoms with Crippen LogP contribution in [0.25, 0.3) is 0 Å². The average Bonchev–Trinajstić information content (AvgIpc) is 2.38. The first-order chi connectivity index (χ1) is 8.58. The molecule has 0 aromatic heterocycles. The molecule has 0 spiro atoms. The van der Waals surface area contributed by atoms with E-state index in [1.165, 1.54) is 25.9 Å². The topological polar surface area (TPSA) is 32.3 Å². The van der Waals surface area contributed by atoms with Crippen molar-refractivity contribution in [3.63, 3.8) is 0 Å². The molecule has 1 rings (SSSR count). The fourth-order valence-corrected chi connectivity index (χ4v) is 2.72. The lowest BCUT2D eigenvalue weighted by molar-refractivity contribution is -0.125. The summed E-state index contributed by atoms with van der Waals surface area (Å²) in [4.78, 5) is 14.4. The van der Waals surface area contributed by atoms with Crippen LogP contribution in [0.4, 0.5) is 0 Å². The van der Waals surface area contributed by atoms with Gasteiger partial charge in [-0.25, -0.2) is 0 Å². The molecule has 1 heterocycles. The minimum Gasteiger partial charge on any atom is -0.356 e. The molecule has 0 atom stereocenters. The van der Waals surface area contributed by atoms with E-state index in [1.54, 1.807) is 0 Å². The van der Waals surface area contributed by atoms with Gasteiger partial charge in [0, 0.05) is 18.5 Å². The van der Waals surface area contributed by atoms with Crippen LogP contribution in [-0.4, -0.2) is 36.5 Å². The lowest BCUT2D eigenvalue weighted by Gasteiger charge is -2.34. The van der Waals surface area contributed by atoms with Crippen LogP contribution in [0.3, 0.4) is 0 Å². The van der Waals surface area contributed by atoms with Crippen LogP contribution in [0.1, 0.15) is 53.4 Å². The van der Waals surface area contributed by atoms with Gasteiger partial charge in [-0.15, -0.1) is 0 Å². The first kappa shape index (κ1) is 15.5. The molecular formula is C15H30N2O. The van der Waals surface area contributed by atoms with Crippen LogP contribution in [0, 0.1) is 11.8 Å². The Morgan fingerprint density at radius 2 is 1.78 bits per heavy atom. The Bertz CT molecular complexity index is 241. The number of nitrogens with one attached hydrogen (secondary N) is 1. The van der Waals surface area contributed by atoms with Crippen LogP contribution in [-0.2, 0) is 4.79 Å². The summed E-state index contributed by atoms with van der Waals surface area (Å²) in [6, 6.07) is 0.658. The summed E-state index contributed by atoms with van der Waals surface area (Å²) in [5, 5.41) is 3.14. The number of carbonyl (C=O) groups is 1. The van der Waals surface area contributed by atoms with Gasteiger partial charge in [0.15, 0.2) is 0 Å². The highest BCUT2D eigenvalue weighted by Crippen LogP contribution is 2.18. The van der Waals surface area contributed by atoms with E-state index in [0.717, 1.165) is 19.4 Å². The van der Waals surface area contributed by atoms with Gasteiger partial charge in [-0.05, 0) is 58.5 Å². The molecule has 3 nitrogen and oxygen atoms in total. The highest BCUT2D eigenvalue weighted by Gasteiger charge is 2.22. The largest absolute Gasteiger partial charge is 0.356 e. The quantitative estimate of drug-likeness (QED) is 0.790. The van der Waals surface area contributed by atoms with Crippen molar-refractivity contribution >= 4 is 5.91 Å². The number of piperidine rings is 1. The molecule has 1 fully saturated rings. The molecular weight excluding hydrogens is 224 g/mol. The van der Waals surface area contributed by atoms with Crippen molar-refractivity contribution in [1.82, 2.24) is 10.2 Å². The maximum absolute atomic E-state index is 11.9. The molecule has 1 aliphatic heterocycles. The van der Waals surface area contributed by atoms with E-state index in [4.69, 9.17) is 0 Å². The van der Waals surface area contributed by atoms with Gasteiger partial charge in [-0.2, -0.15) is 0 Å². The molecule has 0 bridgehead atoms. The van der Waals surface area contributed by atoms with Crippen LogP contribution in [0.2, 0.25) is 0 Å². The standard InChI is InChI=1S/C15H30N2O/c1-5-14(6-2)15(18)16-11-13-7-9-17(10-8-13)12(3)4/h12-14H,5-11H2,1-4H3,(H,16,18). The number of hydrogen-bond donors (Lipinski definition) is 1. The van der Waals surface area contributed by atoms with Crippen LogP contribution in [0.15, 0.2) is 0 Å². The molecule has 0 aliphatic carbocycles. The number of hydrogen-bond acceptors (Lipinski definition) is 2. The summed E-state index contributed by atoms with van der Waals surface area (Å²) in [6.45, 7) is 11.9. The third-order valence-corrected chi connectivity index (χ3v) is 4.30. The maximum atomic E-state index is 11.9. The van der Waals surface area contributed by atoms with Crippen molar-refractivity contribution in [2.45, 2.75) is 59.4 Å². The van der Waals surface area contributed by atoms with Crippen molar-refractivity contribution in [2.24, 2.45) is 11.8 Å². The van der Waals surface area contributed by atoms with E-state index in [2.05, 4.69) is 37.9 Å². The van der Waals surface area contributed by atoms with Crippen molar-refractivity contribution < 1.29 is 4.79 Å². The van der Waals surface area contributed by atoms with Crippen molar-refractivity contribution in [3.05, 3.63) is 0 Å². The van der Waals surface area contributed by atoms with E-state index >= 15 is 0 Å². The Morgan fingerprint density at radius 3 is 2.22 bits per heavy atom. The van der Waals surface area contributed by atoms with Gasteiger partial charge in [0.2, 0.25) is 5.91 Å². The lowest BCUT2D eigenvalue weighted by Crippen LogP contribution is -2.42. The number of amides is 1. The van der Waals surface area contributed by atoms with Gasteiger partial charge in [0.1, 0.15) is 0 Å². The van der Waals surface area contributed by atoms with E-state index in [9.17, 15) is 4.79 Å².